The van der Waals surface area contributed by atoms with Crippen molar-refractivity contribution < 1.29 is 19.5 Å². The molecule has 1 atom stereocenters. The number of benzene rings is 1. The van der Waals surface area contributed by atoms with Gasteiger partial charge in [0.25, 0.3) is 0 Å². The average molecular weight is 264 g/mol. The highest BCUT2D eigenvalue weighted by molar-refractivity contribution is 6.11. The highest BCUT2D eigenvalue weighted by atomic mass is 16.5. The molecule has 0 aliphatic carbocycles. The maximum Gasteiger partial charge on any atom is 0.321 e. The number of carbonyl (C=O) groups excluding carboxylic acids is 2. The van der Waals surface area contributed by atoms with Gasteiger partial charge in [-0.2, -0.15) is 0 Å². The molecule has 19 heavy (non-hydrogen) atoms. The quantitative estimate of drug-likeness (QED) is 0.199. The van der Waals surface area contributed by atoms with Gasteiger partial charge in [0.2, 0.25) is 0 Å². The molecule has 0 heterocycles. The first-order chi connectivity index (χ1) is 9.10. The topological polar surface area (TPSA) is 102 Å². The molecule has 1 aromatic rings. The lowest BCUT2D eigenvalue weighted by molar-refractivity contribution is -0.147. The first-order valence-electron chi connectivity index (χ1n) is 5.80. The Labute approximate surface area is 110 Å². The molecule has 0 saturated heterocycles. The molecule has 1 aromatic carbocycles. The lowest BCUT2D eigenvalue weighted by Crippen LogP contribution is -2.28. The van der Waals surface area contributed by atoms with Crippen molar-refractivity contribution in [3.05, 3.63) is 35.9 Å². The van der Waals surface area contributed by atoms with E-state index in [2.05, 4.69) is 5.16 Å². The Morgan fingerprint density at radius 2 is 2.00 bits per heavy atom. The molecule has 0 aromatic heterocycles. The van der Waals surface area contributed by atoms with Crippen molar-refractivity contribution in [2.45, 2.75) is 19.3 Å². The van der Waals surface area contributed by atoms with Gasteiger partial charge < -0.3 is 15.7 Å². The first kappa shape index (κ1) is 14.7. The van der Waals surface area contributed by atoms with Gasteiger partial charge in [0.05, 0.1) is 13.0 Å². The van der Waals surface area contributed by atoms with Crippen LogP contribution in [0.15, 0.2) is 35.5 Å². The van der Waals surface area contributed by atoms with Crippen molar-refractivity contribution in [1.82, 2.24) is 0 Å². The summed E-state index contributed by atoms with van der Waals surface area (Å²) >= 11 is 0. The minimum Gasteiger partial charge on any atom is -0.465 e. The second-order valence-electron chi connectivity index (χ2n) is 3.83. The van der Waals surface area contributed by atoms with Gasteiger partial charge in [-0.05, 0) is 12.5 Å². The summed E-state index contributed by atoms with van der Waals surface area (Å²) in [5, 5.41) is 11.2. The average Bonchev–Trinajstić information content (AvgIpc) is 2.40. The number of rotatable bonds is 6. The number of ether oxygens (including phenoxy) is 1. The van der Waals surface area contributed by atoms with Gasteiger partial charge in [-0.25, -0.2) is 0 Å². The molecule has 0 aliphatic rings. The molecule has 1 rings (SSSR count). The van der Waals surface area contributed by atoms with E-state index >= 15 is 0 Å². The third-order valence-corrected chi connectivity index (χ3v) is 2.46. The number of Topliss-reactive ketones (excluding diaryl/α,β-unsaturated/α-hetero) is 1. The van der Waals surface area contributed by atoms with E-state index in [-0.39, 0.29) is 18.9 Å². The Hall–Kier alpha value is -2.37. The van der Waals surface area contributed by atoms with Crippen molar-refractivity contribution in [1.29, 1.82) is 0 Å². The lowest BCUT2D eigenvalue weighted by Gasteiger charge is -2.14. The van der Waals surface area contributed by atoms with Crippen molar-refractivity contribution in [2.24, 2.45) is 10.9 Å². The van der Waals surface area contributed by atoms with Crippen LogP contribution in [0.2, 0.25) is 0 Å². The SMILES string of the molecule is CCOC(=O)C(C(=O)C/C(N)=N/O)c1ccccc1. The molecule has 0 radical (unpaired) electrons. The standard InChI is InChI=1S/C13H16N2O4/c1-2-19-13(17)12(9-6-4-3-5-7-9)10(16)8-11(14)15-18/h3-7,12,18H,2,8H2,1H3,(H2,14,15). The smallest absolute Gasteiger partial charge is 0.321 e. The highest BCUT2D eigenvalue weighted by Gasteiger charge is 2.29. The maximum atomic E-state index is 12.1. The second kappa shape index (κ2) is 7.15. The summed E-state index contributed by atoms with van der Waals surface area (Å²) in [5.41, 5.74) is 5.82. The van der Waals surface area contributed by atoms with Gasteiger partial charge in [-0.3, -0.25) is 9.59 Å². The molecule has 6 nitrogen and oxygen atoms in total. The van der Waals surface area contributed by atoms with Crippen molar-refractivity contribution in [3.63, 3.8) is 0 Å². The lowest BCUT2D eigenvalue weighted by atomic mass is 9.93. The zero-order valence-electron chi connectivity index (χ0n) is 10.6. The van der Waals surface area contributed by atoms with Crippen LogP contribution in [0.4, 0.5) is 0 Å². The van der Waals surface area contributed by atoms with E-state index in [9.17, 15) is 9.59 Å². The number of hydrogen-bond acceptors (Lipinski definition) is 5. The Morgan fingerprint density at radius 1 is 1.37 bits per heavy atom. The summed E-state index contributed by atoms with van der Waals surface area (Å²) in [4.78, 5) is 23.9. The maximum absolute atomic E-state index is 12.1. The summed E-state index contributed by atoms with van der Waals surface area (Å²) < 4.78 is 4.89. The first-order valence-corrected chi connectivity index (χ1v) is 5.80. The summed E-state index contributed by atoms with van der Waals surface area (Å²) in [6, 6.07) is 8.54. The molecular weight excluding hydrogens is 248 g/mol. The van der Waals surface area contributed by atoms with Gasteiger partial charge in [0.15, 0.2) is 5.78 Å². The number of esters is 1. The van der Waals surface area contributed by atoms with E-state index in [1.165, 1.54) is 0 Å². The number of nitrogens with two attached hydrogens (primary N) is 1. The molecule has 3 N–H and O–H groups in total. The van der Waals surface area contributed by atoms with Gasteiger partial charge in [0.1, 0.15) is 11.8 Å². The third kappa shape index (κ3) is 4.09. The van der Waals surface area contributed by atoms with Crippen LogP contribution >= 0.6 is 0 Å². The van der Waals surface area contributed by atoms with Crippen LogP contribution in [0, 0.1) is 0 Å². The fraction of sp³-hybridized carbons (Fsp3) is 0.308. The molecule has 6 heteroatoms. The zero-order valence-corrected chi connectivity index (χ0v) is 10.6. The van der Waals surface area contributed by atoms with E-state index < -0.39 is 17.7 Å². The van der Waals surface area contributed by atoms with Gasteiger partial charge in [0, 0.05) is 0 Å². The Bertz CT molecular complexity index is 471. The second-order valence-corrected chi connectivity index (χ2v) is 3.83. The van der Waals surface area contributed by atoms with Crippen LogP contribution in [0.3, 0.4) is 0 Å². The zero-order chi connectivity index (χ0) is 14.3. The van der Waals surface area contributed by atoms with E-state index in [0.717, 1.165) is 0 Å². The molecule has 0 saturated carbocycles. The van der Waals surface area contributed by atoms with E-state index in [4.69, 9.17) is 15.7 Å². The van der Waals surface area contributed by atoms with E-state index in [0.29, 0.717) is 5.56 Å². The minimum absolute atomic E-state index is 0.180. The van der Waals surface area contributed by atoms with E-state index in [1.54, 1.807) is 37.3 Å². The molecular formula is C13H16N2O4. The van der Waals surface area contributed by atoms with Crippen LogP contribution in [0.25, 0.3) is 0 Å². The van der Waals surface area contributed by atoms with Crippen LogP contribution in [-0.4, -0.2) is 29.4 Å². The predicted molar refractivity (Wildman–Crippen MR) is 68.8 cm³/mol. The largest absolute Gasteiger partial charge is 0.465 e. The Kier molecular flexibility index (Phi) is 5.53. The summed E-state index contributed by atoms with van der Waals surface area (Å²) in [5.74, 6) is -2.40. The number of hydrogen-bond donors (Lipinski definition) is 2. The van der Waals surface area contributed by atoms with Crippen LogP contribution in [0.1, 0.15) is 24.8 Å². The fourth-order valence-electron chi connectivity index (χ4n) is 1.64. The summed E-state index contributed by atoms with van der Waals surface area (Å²) in [6.07, 6.45) is -0.311. The van der Waals surface area contributed by atoms with Crippen molar-refractivity contribution in [3.8, 4) is 0 Å². The number of oxime groups is 1. The Morgan fingerprint density at radius 3 is 2.53 bits per heavy atom. The molecule has 0 aliphatic heterocycles. The van der Waals surface area contributed by atoms with Crippen molar-refractivity contribution >= 4 is 17.6 Å². The minimum atomic E-state index is -1.05. The van der Waals surface area contributed by atoms with Crippen LogP contribution in [-0.2, 0) is 14.3 Å². The normalized spacial score (nSPS) is 12.8. The van der Waals surface area contributed by atoms with Gasteiger partial charge >= 0.3 is 5.97 Å². The number of amidine groups is 1. The summed E-state index contributed by atoms with van der Waals surface area (Å²) in [7, 11) is 0. The molecule has 0 bridgehead atoms. The Balaban J connectivity index is 2.99. The molecule has 0 spiro atoms. The van der Waals surface area contributed by atoms with Gasteiger partial charge in [-0.1, -0.05) is 35.5 Å². The third-order valence-electron chi connectivity index (χ3n) is 2.46. The summed E-state index contributed by atoms with van der Waals surface area (Å²) in [6.45, 7) is 1.84. The van der Waals surface area contributed by atoms with Crippen molar-refractivity contribution in [2.75, 3.05) is 6.61 Å². The fourth-order valence-corrected chi connectivity index (χ4v) is 1.64. The molecule has 1 unspecified atom stereocenters. The van der Waals surface area contributed by atoms with E-state index in [1.807, 2.05) is 0 Å². The number of nitrogens with zero attached hydrogens (tertiary/aromatic N) is 1. The number of carbonyl (C=O) groups is 2. The molecule has 0 amide bonds. The molecule has 0 fully saturated rings. The highest BCUT2D eigenvalue weighted by Crippen LogP contribution is 2.20. The van der Waals surface area contributed by atoms with Gasteiger partial charge in [-0.15, -0.1) is 0 Å². The van der Waals surface area contributed by atoms with Crippen LogP contribution < -0.4 is 5.73 Å². The predicted octanol–water partition coefficient (Wildman–Crippen LogP) is 1.04. The monoisotopic (exact) mass is 264 g/mol. The number of ketones is 1. The van der Waals surface area contributed by atoms with Crippen LogP contribution in [0.5, 0.6) is 0 Å². The molecule has 102 valence electrons.